The molecule has 0 saturated carbocycles. The number of thioether (sulfide) groups is 1. The first-order valence-corrected chi connectivity index (χ1v) is 14.9. The van der Waals surface area contributed by atoms with Gasteiger partial charge in [-0.3, -0.25) is 23.7 Å². The third kappa shape index (κ3) is 4.87. The fourth-order valence-corrected chi connectivity index (χ4v) is 8.18. The van der Waals surface area contributed by atoms with Crippen LogP contribution < -0.4 is 20.0 Å². The predicted molar refractivity (Wildman–Crippen MR) is 163 cm³/mol. The summed E-state index contributed by atoms with van der Waals surface area (Å²) in [7, 11) is 3.90. The molecule has 3 aromatic carbocycles. The summed E-state index contributed by atoms with van der Waals surface area (Å²) in [4.78, 5) is 57.8. The molecule has 0 radical (unpaired) electrons. The van der Waals surface area contributed by atoms with E-state index in [0.29, 0.717) is 21.3 Å². The molecule has 10 heteroatoms. The standard InChI is InChI=1S/C31H28N4O4S2/c1-18-9-13-20(14-10-18)32-23(36)17-34-30-27(41-31(34)39)24(19-11-15-21(16-12-19)33(2)3)25-26(40-30)29(38)35(28(25)37)22-7-5-4-6-8-22/h4-16,24-26H,17H2,1-3H3,(H,32,36)/t24-,25-,26+/m0/s1. The zero-order valence-electron chi connectivity index (χ0n) is 22.7. The number of nitrogens with one attached hydrogen (secondary N) is 1. The Morgan fingerprint density at radius 3 is 2.24 bits per heavy atom. The first kappa shape index (κ1) is 27.0. The van der Waals surface area contributed by atoms with E-state index in [-0.39, 0.29) is 29.1 Å². The number of para-hydroxylation sites is 1. The molecule has 41 heavy (non-hydrogen) atoms. The predicted octanol–water partition coefficient (Wildman–Crippen LogP) is 4.72. The molecule has 1 fully saturated rings. The highest BCUT2D eigenvalue weighted by molar-refractivity contribution is 8.00. The third-order valence-electron chi connectivity index (χ3n) is 7.47. The lowest BCUT2D eigenvalue weighted by Gasteiger charge is -2.31. The van der Waals surface area contributed by atoms with Gasteiger partial charge in [-0.05, 0) is 48.9 Å². The number of aryl methyl sites for hydroxylation is 1. The Morgan fingerprint density at radius 2 is 1.59 bits per heavy atom. The second-order valence-electron chi connectivity index (χ2n) is 10.4. The molecule has 0 spiro atoms. The van der Waals surface area contributed by atoms with E-state index < -0.39 is 17.1 Å². The van der Waals surface area contributed by atoms with Crippen molar-refractivity contribution in [3.63, 3.8) is 0 Å². The van der Waals surface area contributed by atoms with Gasteiger partial charge in [0, 0.05) is 36.3 Å². The highest BCUT2D eigenvalue weighted by Crippen LogP contribution is 2.54. The highest BCUT2D eigenvalue weighted by atomic mass is 32.2. The van der Waals surface area contributed by atoms with Gasteiger partial charge in [0.05, 0.1) is 16.6 Å². The monoisotopic (exact) mass is 584 g/mol. The van der Waals surface area contributed by atoms with E-state index in [4.69, 9.17) is 0 Å². The Balaban J connectivity index is 1.41. The molecule has 0 bridgehead atoms. The summed E-state index contributed by atoms with van der Waals surface area (Å²) in [5.41, 5.74) is 4.08. The van der Waals surface area contributed by atoms with Gasteiger partial charge in [0.25, 0.3) is 0 Å². The van der Waals surface area contributed by atoms with Gasteiger partial charge in [-0.25, -0.2) is 4.90 Å². The average Bonchev–Trinajstić information content (AvgIpc) is 3.41. The number of rotatable bonds is 6. The van der Waals surface area contributed by atoms with E-state index in [1.54, 1.807) is 24.3 Å². The number of carbonyl (C=O) groups excluding carboxylic acids is 3. The summed E-state index contributed by atoms with van der Waals surface area (Å²) in [6.45, 7) is 1.77. The van der Waals surface area contributed by atoms with Crippen molar-refractivity contribution in [2.45, 2.75) is 29.7 Å². The summed E-state index contributed by atoms with van der Waals surface area (Å²) >= 11 is 2.26. The van der Waals surface area contributed by atoms with E-state index >= 15 is 0 Å². The maximum absolute atomic E-state index is 14.0. The molecule has 6 rings (SSSR count). The molecule has 1 saturated heterocycles. The second kappa shape index (κ2) is 10.7. The van der Waals surface area contributed by atoms with Crippen LogP contribution in [0.2, 0.25) is 0 Å². The van der Waals surface area contributed by atoms with Crippen LogP contribution in [-0.4, -0.2) is 41.6 Å². The van der Waals surface area contributed by atoms with Gasteiger partial charge < -0.3 is 10.2 Å². The van der Waals surface area contributed by atoms with Crippen molar-refractivity contribution in [3.8, 4) is 0 Å². The Hall–Kier alpha value is -4.15. The van der Waals surface area contributed by atoms with Crippen LogP contribution in [0.25, 0.3) is 0 Å². The molecule has 8 nitrogen and oxygen atoms in total. The van der Waals surface area contributed by atoms with Crippen LogP contribution in [0, 0.1) is 12.8 Å². The smallest absolute Gasteiger partial charge is 0.308 e. The van der Waals surface area contributed by atoms with E-state index in [1.807, 2.05) is 80.5 Å². The minimum Gasteiger partial charge on any atom is -0.378 e. The molecule has 208 valence electrons. The Bertz CT molecular complexity index is 1690. The zero-order valence-corrected chi connectivity index (χ0v) is 24.4. The van der Waals surface area contributed by atoms with Gasteiger partial charge in [0.2, 0.25) is 17.7 Å². The van der Waals surface area contributed by atoms with E-state index in [9.17, 15) is 19.2 Å². The average molecular weight is 585 g/mol. The van der Waals surface area contributed by atoms with Gasteiger partial charge in [0.1, 0.15) is 11.8 Å². The fraction of sp³-hybridized carbons (Fsp3) is 0.226. The van der Waals surface area contributed by atoms with Crippen LogP contribution in [0.5, 0.6) is 0 Å². The van der Waals surface area contributed by atoms with Gasteiger partial charge in [-0.1, -0.05) is 71.1 Å². The van der Waals surface area contributed by atoms with Crippen LogP contribution in [0.4, 0.5) is 17.1 Å². The van der Waals surface area contributed by atoms with Crippen LogP contribution in [0.1, 0.15) is 21.9 Å². The minimum atomic E-state index is -0.728. The molecule has 1 aromatic heterocycles. The Labute approximate surface area is 245 Å². The number of nitrogens with zero attached hydrogens (tertiary/aromatic N) is 3. The van der Waals surface area contributed by atoms with Crippen molar-refractivity contribution < 1.29 is 14.4 Å². The molecule has 0 aliphatic carbocycles. The number of anilines is 3. The van der Waals surface area contributed by atoms with Gasteiger partial charge >= 0.3 is 4.87 Å². The van der Waals surface area contributed by atoms with Crippen LogP contribution in [-0.2, 0) is 20.9 Å². The maximum atomic E-state index is 14.0. The Morgan fingerprint density at radius 1 is 0.902 bits per heavy atom. The molecule has 2 aliphatic rings. The largest absolute Gasteiger partial charge is 0.378 e. The number of benzene rings is 3. The number of thiazole rings is 1. The first-order valence-electron chi connectivity index (χ1n) is 13.2. The molecule has 4 aromatic rings. The van der Waals surface area contributed by atoms with Crippen molar-refractivity contribution in [2.24, 2.45) is 5.92 Å². The highest BCUT2D eigenvalue weighted by Gasteiger charge is 2.56. The number of aromatic nitrogens is 1. The summed E-state index contributed by atoms with van der Waals surface area (Å²) < 4.78 is 1.44. The molecular formula is C31H28N4O4S2. The minimum absolute atomic E-state index is 0.195. The van der Waals surface area contributed by atoms with Crippen molar-refractivity contribution in [2.75, 3.05) is 29.2 Å². The van der Waals surface area contributed by atoms with Crippen LogP contribution in [0.15, 0.2) is 88.7 Å². The van der Waals surface area contributed by atoms with E-state index in [1.165, 1.54) is 21.2 Å². The lowest BCUT2D eigenvalue weighted by molar-refractivity contribution is -0.122. The molecule has 2 aliphatic heterocycles. The molecule has 3 amide bonds. The summed E-state index contributed by atoms with van der Waals surface area (Å²) in [6.07, 6.45) is 0. The molecular weight excluding hydrogens is 556 g/mol. The zero-order chi connectivity index (χ0) is 28.8. The number of imide groups is 1. The quantitative estimate of drug-likeness (QED) is 0.330. The number of carbonyl (C=O) groups is 3. The van der Waals surface area contributed by atoms with Crippen molar-refractivity contribution in [3.05, 3.63) is 105 Å². The summed E-state index contributed by atoms with van der Waals surface area (Å²) in [6, 6.07) is 24.2. The van der Waals surface area contributed by atoms with Gasteiger partial charge in [-0.15, -0.1) is 0 Å². The van der Waals surface area contributed by atoms with E-state index in [0.717, 1.165) is 28.2 Å². The molecule has 1 N–H and O–H groups in total. The number of hydrogen-bond donors (Lipinski definition) is 1. The summed E-state index contributed by atoms with van der Waals surface area (Å²) in [5, 5.41) is 2.69. The first-order chi connectivity index (χ1) is 19.7. The maximum Gasteiger partial charge on any atom is 0.308 e. The van der Waals surface area contributed by atoms with Crippen LogP contribution >= 0.6 is 23.1 Å². The third-order valence-corrected chi connectivity index (χ3v) is 10.1. The SMILES string of the molecule is Cc1ccc(NC(=O)Cn2c3c(sc2=O)[C@@H](c2ccc(N(C)C)cc2)[C@@H]2C(=O)N(c4ccccc4)C(=O)[C@@H]2S3)cc1. The molecule has 0 unspecified atom stereocenters. The number of hydrogen-bond acceptors (Lipinski definition) is 7. The Kier molecular flexibility index (Phi) is 7.04. The number of fused-ring (bicyclic) bond motifs is 2. The van der Waals surface area contributed by atoms with Crippen molar-refractivity contribution >= 4 is 57.9 Å². The lowest BCUT2D eigenvalue weighted by Crippen LogP contribution is -2.33. The summed E-state index contributed by atoms with van der Waals surface area (Å²) in [5.74, 6) is -2.12. The fourth-order valence-electron chi connectivity index (χ4n) is 5.41. The number of amides is 3. The van der Waals surface area contributed by atoms with Gasteiger partial charge in [-0.2, -0.15) is 0 Å². The van der Waals surface area contributed by atoms with Crippen molar-refractivity contribution in [1.82, 2.24) is 4.57 Å². The molecule has 3 heterocycles. The van der Waals surface area contributed by atoms with Crippen molar-refractivity contribution in [1.29, 1.82) is 0 Å². The van der Waals surface area contributed by atoms with Crippen LogP contribution in [0.3, 0.4) is 0 Å². The normalized spacial score (nSPS) is 19.6. The lowest BCUT2D eigenvalue weighted by atomic mass is 9.83. The molecule has 3 atom stereocenters. The topological polar surface area (TPSA) is 91.7 Å². The van der Waals surface area contributed by atoms with Gasteiger partial charge in [0.15, 0.2) is 0 Å². The van der Waals surface area contributed by atoms with E-state index in [2.05, 4.69) is 5.32 Å². The second-order valence-corrected chi connectivity index (χ2v) is 12.5.